The molecule has 0 aliphatic heterocycles. The summed E-state index contributed by atoms with van der Waals surface area (Å²) >= 11 is 0. The van der Waals surface area contributed by atoms with Gasteiger partial charge in [-0.3, -0.25) is 9.59 Å². The summed E-state index contributed by atoms with van der Waals surface area (Å²) in [7, 11) is 3.11. The molecule has 3 aliphatic rings. The van der Waals surface area contributed by atoms with Crippen LogP contribution in [-0.4, -0.2) is 64.5 Å². The highest BCUT2D eigenvalue weighted by Gasteiger charge is 2.33. The van der Waals surface area contributed by atoms with E-state index >= 15 is 0 Å². The van der Waals surface area contributed by atoms with Crippen LogP contribution in [0.5, 0.6) is 0 Å². The van der Waals surface area contributed by atoms with Crippen molar-refractivity contribution < 1.29 is 42.9 Å². The predicted molar refractivity (Wildman–Crippen MR) is 194 cm³/mol. The van der Waals surface area contributed by atoms with Gasteiger partial charge in [-0.05, 0) is 136 Å². The fourth-order valence-corrected chi connectivity index (χ4v) is 7.61. The third-order valence-electron chi connectivity index (χ3n) is 11.0. The van der Waals surface area contributed by atoms with Crippen molar-refractivity contribution in [1.82, 2.24) is 0 Å². The standard InChI is InChI=1S/C42H54O9/c1-47-25-31-5-7-32(8-6-31)26-50-41(45)37-21-23-38(24-22-37)42(46)51-28-34-11-9-33(10-12-34)27-49-40(44)36-19-15-30(16-20-36)4-3-29-13-17-35(18-14-29)39(43)48-2/h3-4,13-20,31-34,37-38H,5-12,21-28H2,1-2H3/b4-3+. The Kier molecular flexibility index (Phi) is 14.7. The molecule has 2 aromatic carbocycles. The quantitative estimate of drug-likeness (QED) is 0.110. The van der Waals surface area contributed by atoms with Crippen LogP contribution in [0.4, 0.5) is 0 Å². The van der Waals surface area contributed by atoms with E-state index < -0.39 is 0 Å². The maximum Gasteiger partial charge on any atom is 0.338 e. The zero-order valence-corrected chi connectivity index (χ0v) is 30.2. The van der Waals surface area contributed by atoms with Gasteiger partial charge in [0.05, 0.1) is 49.9 Å². The number of hydrogen-bond donors (Lipinski definition) is 0. The Hall–Kier alpha value is -3.98. The number of hydrogen-bond acceptors (Lipinski definition) is 9. The minimum Gasteiger partial charge on any atom is -0.465 e. The molecule has 276 valence electrons. The molecule has 0 aromatic heterocycles. The predicted octanol–water partition coefficient (Wildman–Crippen LogP) is 7.95. The van der Waals surface area contributed by atoms with Crippen LogP contribution in [0.2, 0.25) is 0 Å². The van der Waals surface area contributed by atoms with Crippen LogP contribution >= 0.6 is 0 Å². The van der Waals surface area contributed by atoms with E-state index in [1.165, 1.54) is 7.11 Å². The first-order valence-electron chi connectivity index (χ1n) is 18.8. The normalized spacial score (nSPS) is 25.1. The Morgan fingerprint density at radius 2 is 0.843 bits per heavy atom. The fourth-order valence-electron chi connectivity index (χ4n) is 7.61. The minimum absolute atomic E-state index is 0.104. The van der Waals surface area contributed by atoms with Gasteiger partial charge in [-0.1, -0.05) is 36.4 Å². The van der Waals surface area contributed by atoms with E-state index in [9.17, 15) is 19.2 Å². The lowest BCUT2D eigenvalue weighted by Gasteiger charge is -2.30. The molecule has 5 rings (SSSR count). The van der Waals surface area contributed by atoms with Gasteiger partial charge in [-0.15, -0.1) is 0 Å². The second kappa shape index (κ2) is 19.6. The average Bonchev–Trinajstić information content (AvgIpc) is 3.18. The van der Waals surface area contributed by atoms with Crippen molar-refractivity contribution in [3.63, 3.8) is 0 Å². The summed E-state index contributed by atoms with van der Waals surface area (Å²) in [6.45, 7) is 2.14. The van der Waals surface area contributed by atoms with Gasteiger partial charge in [0.1, 0.15) is 0 Å². The van der Waals surface area contributed by atoms with Gasteiger partial charge in [0.2, 0.25) is 0 Å². The van der Waals surface area contributed by atoms with E-state index in [-0.39, 0.29) is 35.7 Å². The van der Waals surface area contributed by atoms with Crippen LogP contribution in [0.15, 0.2) is 48.5 Å². The molecule has 0 saturated heterocycles. The SMILES string of the molecule is COCC1CCC(COC(=O)C2CCC(C(=O)OCC3CCC(COC(=O)c4ccc(/C=C/c5ccc(C(=O)OC)cc5)cc4)CC3)CC2)CC1. The number of methoxy groups -OCH3 is 2. The molecule has 3 aliphatic carbocycles. The molecule has 0 unspecified atom stereocenters. The summed E-state index contributed by atoms with van der Waals surface area (Å²) in [4.78, 5) is 49.8. The second-order valence-electron chi connectivity index (χ2n) is 14.7. The largest absolute Gasteiger partial charge is 0.465 e. The van der Waals surface area contributed by atoms with E-state index in [4.69, 9.17) is 23.7 Å². The van der Waals surface area contributed by atoms with Crippen molar-refractivity contribution >= 4 is 36.0 Å². The summed E-state index contributed by atoms with van der Waals surface area (Å²) in [5, 5.41) is 0. The molecular formula is C42H54O9. The Morgan fingerprint density at radius 1 is 0.490 bits per heavy atom. The number of carbonyl (C=O) groups is 4. The Balaban J connectivity index is 0.923. The van der Waals surface area contributed by atoms with Gasteiger partial charge >= 0.3 is 23.9 Å². The summed E-state index contributed by atoms with van der Waals surface area (Å²) in [5.41, 5.74) is 2.90. The van der Waals surface area contributed by atoms with E-state index in [0.717, 1.165) is 69.1 Å². The lowest BCUT2D eigenvalue weighted by atomic mass is 9.81. The maximum atomic E-state index is 12.8. The summed E-state index contributed by atoms with van der Waals surface area (Å²) in [6, 6.07) is 14.4. The second-order valence-corrected chi connectivity index (χ2v) is 14.7. The number of rotatable bonds is 14. The molecule has 0 amide bonds. The van der Waals surface area contributed by atoms with Crippen LogP contribution in [0.25, 0.3) is 12.2 Å². The summed E-state index contributed by atoms with van der Waals surface area (Å²) in [6.07, 6.45) is 14.8. The van der Waals surface area contributed by atoms with Crippen LogP contribution in [0, 0.1) is 35.5 Å². The molecule has 0 radical (unpaired) electrons. The molecule has 9 heteroatoms. The highest BCUT2D eigenvalue weighted by molar-refractivity contribution is 5.90. The van der Waals surface area contributed by atoms with Gasteiger partial charge in [0.15, 0.2) is 0 Å². The number of esters is 4. The van der Waals surface area contributed by atoms with Gasteiger partial charge in [0.25, 0.3) is 0 Å². The monoisotopic (exact) mass is 702 g/mol. The smallest absolute Gasteiger partial charge is 0.338 e. The molecule has 0 spiro atoms. The highest BCUT2D eigenvalue weighted by atomic mass is 16.5. The third kappa shape index (κ3) is 11.8. The molecule has 3 fully saturated rings. The number of benzene rings is 2. The molecule has 0 bridgehead atoms. The van der Waals surface area contributed by atoms with Crippen molar-refractivity contribution in [2.45, 2.75) is 77.0 Å². The van der Waals surface area contributed by atoms with Crippen molar-refractivity contribution in [3.05, 3.63) is 70.8 Å². The number of carbonyl (C=O) groups excluding carboxylic acids is 4. The first-order chi connectivity index (χ1) is 24.8. The zero-order valence-electron chi connectivity index (χ0n) is 30.2. The lowest BCUT2D eigenvalue weighted by molar-refractivity contribution is -0.157. The Morgan fingerprint density at radius 3 is 1.22 bits per heavy atom. The molecule has 0 heterocycles. The van der Waals surface area contributed by atoms with Gasteiger partial charge in [-0.2, -0.15) is 0 Å². The average molecular weight is 703 g/mol. The summed E-state index contributed by atoms with van der Waals surface area (Å²) < 4.78 is 27.1. The first-order valence-corrected chi connectivity index (χ1v) is 18.8. The van der Waals surface area contributed by atoms with Crippen molar-refractivity contribution in [2.75, 3.05) is 40.6 Å². The topological polar surface area (TPSA) is 114 Å². The van der Waals surface area contributed by atoms with Crippen LogP contribution in [0.1, 0.15) is 109 Å². The van der Waals surface area contributed by atoms with E-state index in [0.29, 0.717) is 80.3 Å². The molecule has 9 nitrogen and oxygen atoms in total. The molecule has 0 atom stereocenters. The first kappa shape index (κ1) is 38.3. The van der Waals surface area contributed by atoms with Crippen LogP contribution < -0.4 is 0 Å². The minimum atomic E-state index is -0.368. The van der Waals surface area contributed by atoms with Gasteiger partial charge in [0, 0.05) is 13.7 Å². The molecule has 51 heavy (non-hydrogen) atoms. The van der Waals surface area contributed by atoms with Crippen LogP contribution in [0.3, 0.4) is 0 Å². The maximum absolute atomic E-state index is 12.8. The third-order valence-corrected chi connectivity index (χ3v) is 11.0. The zero-order chi connectivity index (χ0) is 36.0. The number of ether oxygens (including phenoxy) is 5. The van der Waals surface area contributed by atoms with E-state index in [1.54, 1.807) is 31.4 Å². The van der Waals surface area contributed by atoms with E-state index in [1.807, 2.05) is 36.4 Å². The van der Waals surface area contributed by atoms with Crippen molar-refractivity contribution in [2.24, 2.45) is 35.5 Å². The molecule has 0 N–H and O–H groups in total. The van der Waals surface area contributed by atoms with Crippen LogP contribution in [-0.2, 0) is 33.3 Å². The highest BCUT2D eigenvalue weighted by Crippen LogP contribution is 2.34. The molecule has 3 saturated carbocycles. The Bertz CT molecular complexity index is 1440. The molecular weight excluding hydrogens is 648 g/mol. The van der Waals surface area contributed by atoms with Crippen molar-refractivity contribution in [1.29, 1.82) is 0 Å². The Labute approximate surface area is 302 Å². The van der Waals surface area contributed by atoms with Crippen molar-refractivity contribution in [3.8, 4) is 0 Å². The lowest BCUT2D eigenvalue weighted by Crippen LogP contribution is -2.31. The molecule has 2 aromatic rings. The van der Waals surface area contributed by atoms with E-state index in [2.05, 4.69) is 0 Å². The summed E-state index contributed by atoms with van der Waals surface area (Å²) in [5.74, 6) is 0.506. The fraction of sp³-hybridized carbons (Fsp3) is 0.571. The van der Waals surface area contributed by atoms with Gasteiger partial charge in [-0.25, -0.2) is 9.59 Å². The van der Waals surface area contributed by atoms with Gasteiger partial charge < -0.3 is 23.7 Å².